The van der Waals surface area contributed by atoms with Crippen molar-refractivity contribution in [3.63, 3.8) is 0 Å². The van der Waals surface area contributed by atoms with Crippen LogP contribution in [-0.2, 0) is 17.8 Å². The van der Waals surface area contributed by atoms with E-state index < -0.39 is 23.9 Å². The molecule has 5 atom stereocenters. The number of piperazine rings is 1. The molecule has 47 heavy (non-hydrogen) atoms. The number of halogens is 5. The maximum absolute atomic E-state index is 15.5. The number of carbonyl (C=O) groups is 1. The van der Waals surface area contributed by atoms with Gasteiger partial charge in [-0.1, -0.05) is 73.5 Å². The molecule has 1 aliphatic heterocycles. The third-order valence-corrected chi connectivity index (χ3v) is 12.2. The number of fused-ring (bicyclic) bond motifs is 4. The fourth-order valence-corrected chi connectivity index (χ4v) is 9.78. The lowest BCUT2D eigenvalue weighted by molar-refractivity contribution is -0.310. The first-order valence-electron chi connectivity index (χ1n) is 17.4. The molecule has 5 aliphatic rings. The van der Waals surface area contributed by atoms with Crippen molar-refractivity contribution in [3.05, 3.63) is 94.1 Å². The molecule has 3 fully saturated rings. The smallest absolute Gasteiger partial charge is 0.300 e. The Hall–Kier alpha value is -2.84. The lowest BCUT2D eigenvalue weighted by atomic mass is 9.50. The highest BCUT2D eigenvalue weighted by Crippen LogP contribution is 2.67. The Bertz CT molecular complexity index is 1520. The van der Waals surface area contributed by atoms with Crippen molar-refractivity contribution >= 4 is 5.78 Å². The van der Waals surface area contributed by atoms with E-state index in [1.807, 2.05) is 6.07 Å². The first-order chi connectivity index (χ1) is 22.4. The molecule has 7 rings (SSSR count). The number of rotatable bonds is 7. The molecule has 0 radical (unpaired) electrons. The van der Waals surface area contributed by atoms with Crippen LogP contribution in [0.15, 0.2) is 77.4 Å². The van der Waals surface area contributed by atoms with Gasteiger partial charge in [-0.05, 0) is 89.7 Å². The van der Waals surface area contributed by atoms with Crippen LogP contribution in [-0.4, -0.2) is 60.4 Å². The lowest BCUT2D eigenvalue weighted by Crippen LogP contribution is -2.53. The van der Waals surface area contributed by atoms with Gasteiger partial charge in [-0.3, -0.25) is 9.69 Å². The van der Waals surface area contributed by atoms with Gasteiger partial charge in [0, 0.05) is 57.5 Å². The van der Waals surface area contributed by atoms with Crippen LogP contribution in [0.3, 0.4) is 0 Å². The Morgan fingerprint density at radius 3 is 2.28 bits per heavy atom. The van der Waals surface area contributed by atoms with Crippen LogP contribution in [0.2, 0.25) is 0 Å². The van der Waals surface area contributed by atoms with E-state index in [-0.39, 0.29) is 35.9 Å². The Labute approximate surface area is 274 Å². The Balaban J connectivity index is 1.12. The second-order valence-electron chi connectivity index (χ2n) is 15.0. The van der Waals surface area contributed by atoms with E-state index in [4.69, 9.17) is 0 Å². The summed E-state index contributed by atoms with van der Waals surface area (Å²) >= 11 is 0. The molecule has 1 heterocycles. The maximum Gasteiger partial charge on any atom is 0.453 e. The van der Waals surface area contributed by atoms with Gasteiger partial charge in [-0.25, -0.2) is 0 Å². The minimum Gasteiger partial charge on any atom is -0.300 e. The summed E-state index contributed by atoms with van der Waals surface area (Å²) in [6.45, 7) is 8.00. The minimum absolute atomic E-state index is 0.184. The van der Waals surface area contributed by atoms with Gasteiger partial charge in [0.15, 0.2) is 5.78 Å². The van der Waals surface area contributed by atoms with Crippen molar-refractivity contribution in [2.24, 2.45) is 23.2 Å². The van der Waals surface area contributed by atoms with Gasteiger partial charge in [-0.15, -0.1) is 0 Å². The molecular weight excluding hydrogens is 607 g/mol. The summed E-state index contributed by atoms with van der Waals surface area (Å²) in [6.07, 6.45) is 0.185. The first-order valence-corrected chi connectivity index (χ1v) is 17.4. The second kappa shape index (κ2) is 12.6. The van der Waals surface area contributed by atoms with Gasteiger partial charge < -0.3 is 4.90 Å². The van der Waals surface area contributed by atoms with Crippen molar-refractivity contribution in [2.75, 3.05) is 32.7 Å². The number of ketones is 1. The van der Waals surface area contributed by atoms with Crippen LogP contribution in [0.1, 0.15) is 74.5 Å². The van der Waals surface area contributed by atoms with Crippen molar-refractivity contribution in [1.29, 1.82) is 0 Å². The predicted molar refractivity (Wildman–Crippen MR) is 173 cm³/mol. The number of hydrogen-bond donors (Lipinski definition) is 0. The minimum atomic E-state index is -5.64. The van der Waals surface area contributed by atoms with Gasteiger partial charge in [-0.2, -0.15) is 22.0 Å². The van der Waals surface area contributed by atoms with E-state index in [1.54, 1.807) is 0 Å². The van der Waals surface area contributed by atoms with Gasteiger partial charge in [0.05, 0.1) is 0 Å². The number of alkyl halides is 5. The molecule has 2 aromatic rings. The summed E-state index contributed by atoms with van der Waals surface area (Å²) < 4.78 is 73.2. The summed E-state index contributed by atoms with van der Waals surface area (Å²) in [4.78, 5) is 17.4. The number of allylic oxidation sites excluding steroid dienone is 4. The third-order valence-electron chi connectivity index (χ3n) is 12.2. The molecule has 8 heteroatoms. The molecule has 0 N–H and O–H groups in total. The highest BCUT2D eigenvalue weighted by molar-refractivity contribution is 5.93. The number of benzene rings is 2. The van der Waals surface area contributed by atoms with Crippen molar-refractivity contribution < 1.29 is 26.7 Å². The molecule has 2 saturated carbocycles. The van der Waals surface area contributed by atoms with Gasteiger partial charge in [0.25, 0.3) is 0 Å². The summed E-state index contributed by atoms with van der Waals surface area (Å²) in [5, 5.41) is 0. The highest BCUT2D eigenvalue weighted by atomic mass is 19.4. The standard InChI is InChI=1S/C39H45F5N2O/c1-37-16-5-8-33(37)36-34(38(40,41)39(42,43)44)23-29-22-30(47)13-14-31(29)35(36)32(24-37)28-11-9-27(10-12-28)25-46-20-18-45(19-21-46)17-15-26-6-3-2-4-7-26/h2-4,6-7,9-12,22,32-34,36H,5,8,13-21,23-25H2,1H3/t32?,33-,34?,36+,37-/m0/s1. The average molecular weight is 653 g/mol. The van der Waals surface area contributed by atoms with E-state index in [2.05, 4.69) is 65.3 Å². The zero-order valence-corrected chi connectivity index (χ0v) is 27.2. The maximum atomic E-state index is 15.5. The van der Waals surface area contributed by atoms with Crippen molar-refractivity contribution in [1.82, 2.24) is 9.80 Å². The monoisotopic (exact) mass is 652 g/mol. The zero-order valence-electron chi connectivity index (χ0n) is 27.2. The number of nitrogens with zero attached hydrogens (tertiary/aromatic N) is 2. The third kappa shape index (κ3) is 6.25. The largest absolute Gasteiger partial charge is 0.453 e. The molecule has 3 nitrogen and oxygen atoms in total. The Morgan fingerprint density at radius 1 is 0.872 bits per heavy atom. The van der Waals surface area contributed by atoms with E-state index in [9.17, 15) is 18.0 Å². The molecule has 1 saturated heterocycles. The van der Waals surface area contributed by atoms with E-state index in [0.29, 0.717) is 18.4 Å². The van der Waals surface area contributed by atoms with Crippen LogP contribution in [0.25, 0.3) is 0 Å². The lowest BCUT2D eigenvalue weighted by Gasteiger charge is -2.55. The van der Waals surface area contributed by atoms with Crippen molar-refractivity contribution in [2.45, 2.75) is 82.9 Å². The average Bonchev–Trinajstić information content (AvgIpc) is 3.45. The fourth-order valence-electron chi connectivity index (χ4n) is 9.78. The molecule has 252 valence electrons. The van der Waals surface area contributed by atoms with Crippen LogP contribution in [0.5, 0.6) is 0 Å². The Kier molecular flexibility index (Phi) is 8.74. The predicted octanol–water partition coefficient (Wildman–Crippen LogP) is 8.76. The molecule has 2 unspecified atom stereocenters. The SMILES string of the molecule is C[C@@]12CCC[C@H]1[C@H]1C(=C3CCC(=O)C=C3CC1C(F)(F)C(F)(F)F)C(c1ccc(CN3CCN(CCc4ccccc4)CC3)cc1)C2. The van der Waals surface area contributed by atoms with Crippen LogP contribution < -0.4 is 0 Å². The number of hydrogen-bond acceptors (Lipinski definition) is 3. The normalized spacial score (nSPS) is 30.5. The fraction of sp³-hybridized carbons (Fsp3) is 0.564. The first kappa shape index (κ1) is 32.7. The molecule has 0 spiro atoms. The molecule has 2 aromatic carbocycles. The molecule has 0 aromatic heterocycles. The molecule has 0 amide bonds. The van der Waals surface area contributed by atoms with E-state index in [0.717, 1.165) is 81.7 Å². The van der Waals surface area contributed by atoms with Crippen LogP contribution in [0.4, 0.5) is 22.0 Å². The van der Waals surface area contributed by atoms with Crippen LogP contribution >= 0.6 is 0 Å². The van der Waals surface area contributed by atoms with Crippen molar-refractivity contribution in [3.8, 4) is 0 Å². The highest BCUT2D eigenvalue weighted by Gasteiger charge is 2.68. The molecule has 0 bridgehead atoms. The summed E-state index contributed by atoms with van der Waals surface area (Å²) in [5.41, 5.74) is 5.29. The van der Waals surface area contributed by atoms with Gasteiger partial charge in [0.2, 0.25) is 0 Å². The zero-order chi connectivity index (χ0) is 33.0. The second-order valence-corrected chi connectivity index (χ2v) is 15.0. The van der Waals surface area contributed by atoms with Gasteiger partial charge in [0.1, 0.15) is 0 Å². The molecule has 4 aliphatic carbocycles. The topological polar surface area (TPSA) is 23.6 Å². The quantitative estimate of drug-likeness (QED) is 0.280. The summed E-state index contributed by atoms with van der Waals surface area (Å²) in [6, 6.07) is 19.0. The summed E-state index contributed by atoms with van der Waals surface area (Å²) in [5.74, 6) is -8.22. The van der Waals surface area contributed by atoms with Gasteiger partial charge >= 0.3 is 12.1 Å². The number of carbonyl (C=O) groups excluding carboxylic acids is 1. The van der Waals surface area contributed by atoms with E-state index in [1.165, 1.54) is 17.2 Å². The Morgan fingerprint density at radius 2 is 1.57 bits per heavy atom. The van der Waals surface area contributed by atoms with Crippen LogP contribution in [0, 0.1) is 23.2 Å². The summed E-state index contributed by atoms with van der Waals surface area (Å²) in [7, 11) is 0. The van der Waals surface area contributed by atoms with E-state index >= 15 is 8.78 Å². The molecular formula is C39H45F5N2O.